The first-order valence-electron chi connectivity index (χ1n) is 7.06. The van der Waals surface area contributed by atoms with Crippen molar-refractivity contribution >= 4 is 0 Å². The zero-order chi connectivity index (χ0) is 13.0. The van der Waals surface area contributed by atoms with Gasteiger partial charge in [0, 0.05) is 12.6 Å². The van der Waals surface area contributed by atoms with Crippen molar-refractivity contribution in [1.29, 1.82) is 0 Å². The van der Waals surface area contributed by atoms with Crippen molar-refractivity contribution in [3.8, 4) is 5.75 Å². The van der Waals surface area contributed by atoms with Gasteiger partial charge in [0.2, 0.25) is 0 Å². The lowest BCUT2D eigenvalue weighted by Crippen LogP contribution is -2.33. The average Bonchev–Trinajstić information content (AvgIpc) is 2.37. The molecule has 0 heterocycles. The molecule has 1 aromatic rings. The summed E-state index contributed by atoms with van der Waals surface area (Å²) in [5.41, 5.74) is 2.57. The molecule has 2 atom stereocenters. The number of ether oxygens (including phenoxy) is 1. The standard InChI is InChI=1S/C16H25NO/c1-12-5-4-6-15(9-12)17-11-14-7-8-16(18-3)13(2)10-14/h7-8,10,12,15,17H,4-6,9,11H2,1-3H3. The summed E-state index contributed by atoms with van der Waals surface area (Å²) < 4.78 is 5.29. The molecule has 18 heavy (non-hydrogen) atoms. The second kappa shape index (κ2) is 6.24. The van der Waals surface area contributed by atoms with Gasteiger partial charge in [0.25, 0.3) is 0 Å². The first kappa shape index (κ1) is 13.4. The van der Waals surface area contributed by atoms with Crippen LogP contribution >= 0.6 is 0 Å². The molecule has 0 saturated heterocycles. The van der Waals surface area contributed by atoms with Gasteiger partial charge in [-0.15, -0.1) is 0 Å². The maximum absolute atomic E-state index is 5.29. The van der Waals surface area contributed by atoms with Crippen LogP contribution in [0.2, 0.25) is 0 Å². The van der Waals surface area contributed by atoms with Crippen molar-refractivity contribution in [3.05, 3.63) is 29.3 Å². The molecule has 1 aliphatic rings. The lowest BCUT2D eigenvalue weighted by molar-refractivity contribution is 0.300. The minimum absolute atomic E-state index is 0.705. The first-order chi connectivity index (χ1) is 8.69. The van der Waals surface area contributed by atoms with Crippen LogP contribution in [0.3, 0.4) is 0 Å². The molecule has 0 spiro atoms. The van der Waals surface area contributed by atoms with E-state index in [0.717, 1.165) is 18.2 Å². The molecular formula is C16H25NO. The molecule has 0 radical (unpaired) electrons. The van der Waals surface area contributed by atoms with Crippen LogP contribution in [0.15, 0.2) is 18.2 Å². The minimum Gasteiger partial charge on any atom is -0.496 e. The molecule has 1 N–H and O–H groups in total. The highest BCUT2D eigenvalue weighted by Gasteiger charge is 2.17. The fourth-order valence-corrected chi connectivity index (χ4v) is 2.93. The van der Waals surface area contributed by atoms with Gasteiger partial charge >= 0.3 is 0 Å². The van der Waals surface area contributed by atoms with Crippen LogP contribution in [-0.4, -0.2) is 13.2 Å². The second-order valence-electron chi connectivity index (χ2n) is 5.65. The molecule has 1 fully saturated rings. The molecule has 1 aliphatic carbocycles. The summed E-state index contributed by atoms with van der Waals surface area (Å²) in [5, 5.41) is 3.69. The Kier molecular flexibility index (Phi) is 4.65. The van der Waals surface area contributed by atoms with Gasteiger partial charge in [-0.05, 0) is 42.9 Å². The van der Waals surface area contributed by atoms with E-state index in [1.807, 2.05) is 0 Å². The normalized spacial score (nSPS) is 23.9. The zero-order valence-corrected chi connectivity index (χ0v) is 11.8. The zero-order valence-electron chi connectivity index (χ0n) is 11.8. The van der Waals surface area contributed by atoms with Crippen LogP contribution in [0, 0.1) is 12.8 Å². The summed E-state index contributed by atoms with van der Waals surface area (Å²) in [6, 6.07) is 7.15. The number of aryl methyl sites for hydroxylation is 1. The Morgan fingerprint density at radius 2 is 2.17 bits per heavy atom. The summed E-state index contributed by atoms with van der Waals surface area (Å²) in [7, 11) is 1.73. The molecule has 0 amide bonds. The number of hydrogen-bond acceptors (Lipinski definition) is 2. The van der Waals surface area contributed by atoms with E-state index in [9.17, 15) is 0 Å². The molecule has 2 nitrogen and oxygen atoms in total. The second-order valence-corrected chi connectivity index (χ2v) is 5.65. The van der Waals surface area contributed by atoms with Gasteiger partial charge < -0.3 is 10.1 Å². The van der Waals surface area contributed by atoms with Gasteiger partial charge in [-0.1, -0.05) is 31.9 Å². The molecular weight excluding hydrogens is 222 g/mol. The van der Waals surface area contributed by atoms with Crippen LogP contribution in [-0.2, 0) is 6.54 Å². The van der Waals surface area contributed by atoms with E-state index < -0.39 is 0 Å². The summed E-state index contributed by atoms with van der Waals surface area (Å²) >= 11 is 0. The summed E-state index contributed by atoms with van der Waals surface area (Å²) in [6.07, 6.45) is 5.44. The molecule has 1 saturated carbocycles. The van der Waals surface area contributed by atoms with Crippen molar-refractivity contribution in [1.82, 2.24) is 5.32 Å². The third kappa shape index (κ3) is 3.49. The maximum atomic E-state index is 5.29. The van der Waals surface area contributed by atoms with Crippen LogP contribution < -0.4 is 10.1 Å². The molecule has 0 bridgehead atoms. The van der Waals surface area contributed by atoms with Crippen LogP contribution in [0.25, 0.3) is 0 Å². The van der Waals surface area contributed by atoms with E-state index in [1.165, 1.54) is 36.8 Å². The average molecular weight is 247 g/mol. The fraction of sp³-hybridized carbons (Fsp3) is 0.625. The van der Waals surface area contributed by atoms with E-state index >= 15 is 0 Å². The minimum atomic E-state index is 0.705. The number of benzene rings is 1. The Morgan fingerprint density at radius 3 is 2.83 bits per heavy atom. The highest BCUT2D eigenvalue weighted by molar-refractivity contribution is 5.36. The predicted molar refractivity (Wildman–Crippen MR) is 76.0 cm³/mol. The van der Waals surface area contributed by atoms with Crippen molar-refractivity contribution in [2.75, 3.05) is 7.11 Å². The summed E-state index contributed by atoms with van der Waals surface area (Å²) in [5.74, 6) is 1.86. The molecule has 0 aliphatic heterocycles. The molecule has 100 valence electrons. The van der Waals surface area contributed by atoms with Crippen molar-refractivity contribution in [3.63, 3.8) is 0 Å². The number of nitrogens with one attached hydrogen (secondary N) is 1. The molecule has 1 aromatic carbocycles. The number of rotatable bonds is 4. The first-order valence-corrected chi connectivity index (χ1v) is 7.06. The van der Waals surface area contributed by atoms with E-state index in [0.29, 0.717) is 6.04 Å². The van der Waals surface area contributed by atoms with Crippen LogP contribution in [0.1, 0.15) is 43.7 Å². The van der Waals surface area contributed by atoms with E-state index in [2.05, 4.69) is 37.4 Å². The molecule has 0 aromatic heterocycles. The Labute approximate surface area is 111 Å². The van der Waals surface area contributed by atoms with Crippen molar-refractivity contribution in [2.45, 2.75) is 52.1 Å². The summed E-state index contributed by atoms with van der Waals surface area (Å²) in [6.45, 7) is 5.44. The van der Waals surface area contributed by atoms with Crippen molar-refractivity contribution in [2.24, 2.45) is 5.92 Å². The third-order valence-electron chi connectivity index (χ3n) is 3.99. The van der Waals surface area contributed by atoms with Gasteiger partial charge in [0.15, 0.2) is 0 Å². The third-order valence-corrected chi connectivity index (χ3v) is 3.99. The van der Waals surface area contributed by atoms with E-state index in [4.69, 9.17) is 4.74 Å². The van der Waals surface area contributed by atoms with Gasteiger partial charge in [0.05, 0.1) is 7.11 Å². The van der Waals surface area contributed by atoms with Crippen molar-refractivity contribution < 1.29 is 4.74 Å². The topological polar surface area (TPSA) is 21.3 Å². The maximum Gasteiger partial charge on any atom is 0.121 e. The predicted octanol–water partition coefficient (Wildman–Crippen LogP) is 3.67. The van der Waals surface area contributed by atoms with Crippen LogP contribution in [0.4, 0.5) is 0 Å². The van der Waals surface area contributed by atoms with Gasteiger partial charge in [-0.25, -0.2) is 0 Å². The number of hydrogen-bond donors (Lipinski definition) is 1. The monoisotopic (exact) mass is 247 g/mol. The highest BCUT2D eigenvalue weighted by atomic mass is 16.5. The molecule has 2 rings (SSSR count). The largest absolute Gasteiger partial charge is 0.496 e. The van der Waals surface area contributed by atoms with E-state index in [1.54, 1.807) is 7.11 Å². The fourth-order valence-electron chi connectivity index (χ4n) is 2.93. The SMILES string of the molecule is COc1ccc(CNC2CCCC(C)C2)cc1C. The van der Waals surface area contributed by atoms with Gasteiger partial charge in [-0.2, -0.15) is 0 Å². The highest BCUT2D eigenvalue weighted by Crippen LogP contribution is 2.24. The molecule has 2 heteroatoms. The Bertz CT molecular complexity index is 389. The van der Waals surface area contributed by atoms with Gasteiger partial charge in [0.1, 0.15) is 5.75 Å². The van der Waals surface area contributed by atoms with E-state index in [-0.39, 0.29) is 0 Å². The van der Waals surface area contributed by atoms with Gasteiger partial charge in [-0.3, -0.25) is 0 Å². The van der Waals surface area contributed by atoms with Crippen LogP contribution in [0.5, 0.6) is 5.75 Å². The Morgan fingerprint density at radius 1 is 1.33 bits per heavy atom. The lowest BCUT2D eigenvalue weighted by Gasteiger charge is -2.27. The number of methoxy groups -OCH3 is 1. The Balaban J connectivity index is 1.88. The Hall–Kier alpha value is -1.02. The summed E-state index contributed by atoms with van der Waals surface area (Å²) in [4.78, 5) is 0. The lowest BCUT2D eigenvalue weighted by atomic mass is 9.87. The quantitative estimate of drug-likeness (QED) is 0.876. The smallest absolute Gasteiger partial charge is 0.121 e. The molecule has 2 unspecified atom stereocenters.